The van der Waals surface area contributed by atoms with E-state index in [0.717, 1.165) is 12.0 Å². The fraction of sp³-hybridized carbons (Fsp3) is 0.609. The van der Waals surface area contributed by atoms with E-state index < -0.39 is 35.7 Å². The minimum absolute atomic E-state index is 0.248. The van der Waals surface area contributed by atoms with Gasteiger partial charge < -0.3 is 20.1 Å². The Morgan fingerprint density at radius 2 is 1.73 bits per heavy atom. The molecule has 1 aliphatic carbocycles. The molecule has 0 aliphatic heterocycles. The summed E-state index contributed by atoms with van der Waals surface area (Å²) in [5.74, 6) is -0.250. The molecule has 166 valence electrons. The lowest BCUT2D eigenvalue weighted by Gasteiger charge is -2.25. The highest BCUT2D eigenvalue weighted by molar-refractivity contribution is 5.89. The van der Waals surface area contributed by atoms with Gasteiger partial charge in [-0.1, -0.05) is 43.2 Å². The number of rotatable bonds is 10. The highest BCUT2D eigenvalue weighted by Gasteiger charge is 2.31. The summed E-state index contributed by atoms with van der Waals surface area (Å²) in [6.07, 6.45) is 3.33. The molecule has 2 N–H and O–H groups in total. The van der Waals surface area contributed by atoms with Crippen molar-refractivity contribution in [1.82, 2.24) is 10.6 Å². The number of carbonyl (C=O) groups is 3. The van der Waals surface area contributed by atoms with Gasteiger partial charge in [-0.05, 0) is 52.0 Å². The molecular formula is C23H34N2O5. The maximum absolute atomic E-state index is 13.0. The number of hydrogen-bond acceptors (Lipinski definition) is 5. The summed E-state index contributed by atoms with van der Waals surface area (Å²) in [7, 11) is 0. The van der Waals surface area contributed by atoms with Crippen LogP contribution in [0.3, 0.4) is 0 Å². The number of benzene rings is 1. The van der Waals surface area contributed by atoms with Crippen molar-refractivity contribution in [1.29, 1.82) is 0 Å². The van der Waals surface area contributed by atoms with Crippen molar-refractivity contribution >= 4 is 18.0 Å². The van der Waals surface area contributed by atoms with E-state index in [0.29, 0.717) is 12.3 Å². The van der Waals surface area contributed by atoms with Crippen LogP contribution < -0.4 is 10.6 Å². The van der Waals surface area contributed by atoms with Crippen molar-refractivity contribution in [2.24, 2.45) is 5.92 Å². The van der Waals surface area contributed by atoms with Crippen molar-refractivity contribution in [2.75, 3.05) is 6.61 Å². The molecule has 30 heavy (non-hydrogen) atoms. The number of carbonyl (C=O) groups excluding carboxylic acids is 3. The predicted octanol–water partition coefficient (Wildman–Crippen LogP) is 3.36. The van der Waals surface area contributed by atoms with Gasteiger partial charge in [0.05, 0.1) is 6.61 Å². The van der Waals surface area contributed by atoms with Gasteiger partial charge in [0.15, 0.2) is 0 Å². The number of alkyl carbamates (subject to hydrolysis) is 1. The molecule has 0 aromatic heterocycles. The third kappa shape index (κ3) is 8.84. The van der Waals surface area contributed by atoms with Crippen molar-refractivity contribution < 1.29 is 23.9 Å². The molecule has 7 nitrogen and oxygen atoms in total. The fourth-order valence-electron chi connectivity index (χ4n) is 3.08. The fourth-order valence-corrected chi connectivity index (χ4v) is 3.08. The molecule has 0 radical (unpaired) electrons. The van der Waals surface area contributed by atoms with Gasteiger partial charge in [0, 0.05) is 6.42 Å². The van der Waals surface area contributed by atoms with E-state index in [2.05, 4.69) is 10.6 Å². The topological polar surface area (TPSA) is 93.7 Å². The van der Waals surface area contributed by atoms with Crippen LogP contribution >= 0.6 is 0 Å². The molecule has 2 atom stereocenters. The molecule has 7 heteroatoms. The number of nitrogens with one attached hydrogen (secondary N) is 2. The molecule has 1 aromatic carbocycles. The van der Waals surface area contributed by atoms with E-state index >= 15 is 0 Å². The first kappa shape index (κ1) is 23.7. The summed E-state index contributed by atoms with van der Waals surface area (Å²) >= 11 is 0. The molecule has 1 aliphatic rings. The number of amides is 2. The first-order chi connectivity index (χ1) is 14.2. The second-order valence-electron chi connectivity index (χ2n) is 8.72. The van der Waals surface area contributed by atoms with Crippen LogP contribution in [0.2, 0.25) is 0 Å². The smallest absolute Gasteiger partial charge is 0.408 e. The lowest BCUT2D eigenvalue weighted by Crippen LogP contribution is -2.53. The molecule has 2 rings (SSSR count). The first-order valence-corrected chi connectivity index (χ1v) is 10.7. The van der Waals surface area contributed by atoms with Gasteiger partial charge in [0.1, 0.15) is 17.7 Å². The Kier molecular flexibility index (Phi) is 8.69. The molecule has 1 fully saturated rings. The molecule has 2 amide bonds. The highest BCUT2D eigenvalue weighted by Crippen LogP contribution is 2.34. The van der Waals surface area contributed by atoms with Crippen LogP contribution in [0.15, 0.2) is 30.3 Å². The van der Waals surface area contributed by atoms with E-state index in [1.165, 1.54) is 12.8 Å². The zero-order valence-corrected chi connectivity index (χ0v) is 18.4. The summed E-state index contributed by atoms with van der Waals surface area (Å²) in [4.78, 5) is 37.7. The quantitative estimate of drug-likeness (QED) is 0.568. The minimum atomic E-state index is -0.875. The molecule has 0 bridgehead atoms. The van der Waals surface area contributed by atoms with Gasteiger partial charge in [-0.25, -0.2) is 9.59 Å². The van der Waals surface area contributed by atoms with E-state index in [1.807, 2.05) is 30.3 Å². The second kappa shape index (κ2) is 11.0. The lowest BCUT2D eigenvalue weighted by atomic mass is 10.0. The zero-order valence-electron chi connectivity index (χ0n) is 18.4. The summed E-state index contributed by atoms with van der Waals surface area (Å²) in [5, 5.41) is 5.44. The van der Waals surface area contributed by atoms with E-state index in [4.69, 9.17) is 9.47 Å². The van der Waals surface area contributed by atoms with Gasteiger partial charge >= 0.3 is 12.1 Å². The predicted molar refractivity (Wildman–Crippen MR) is 114 cm³/mol. The van der Waals surface area contributed by atoms with Crippen LogP contribution in [0.5, 0.6) is 0 Å². The van der Waals surface area contributed by atoms with E-state index in [9.17, 15) is 14.4 Å². The third-order valence-corrected chi connectivity index (χ3v) is 4.74. The van der Waals surface area contributed by atoms with Gasteiger partial charge in [0.25, 0.3) is 0 Å². The van der Waals surface area contributed by atoms with Gasteiger partial charge in [-0.2, -0.15) is 0 Å². The van der Waals surface area contributed by atoms with Crippen molar-refractivity contribution in [2.45, 2.75) is 77.5 Å². The summed E-state index contributed by atoms with van der Waals surface area (Å²) in [6.45, 7) is 7.26. The SMILES string of the molecule is CCOC(=O)C(CCC1CC1)NC(=O)C(Cc1ccccc1)NC(=O)OC(C)(C)C. The Hall–Kier alpha value is -2.57. The Morgan fingerprint density at radius 1 is 1.07 bits per heavy atom. The van der Waals surface area contributed by atoms with Crippen LogP contribution in [-0.2, 0) is 25.5 Å². The van der Waals surface area contributed by atoms with Crippen molar-refractivity contribution in [3.8, 4) is 0 Å². The van der Waals surface area contributed by atoms with Crippen LogP contribution in [0, 0.1) is 5.92 Å². The minimum Gasteiger partial charge on any atom is -0.464 e. The Labute approximate surface area is 178 Å². The summed E-state index contributed by atoms with van der Waals surface area (Å²) in [5.41, 5.74) is 0.203. The highest BCUT2D eigenvalue weighted by atomic mass is 16.6. The average Bonchev–Trinajstić information content (AvgIpc) is 3.48. The number of hydrogen-bond donors (Lipinski definition) is 2. The maximum atomic E-state index is 13.0. The summed E-state index contributed by atoms with van der Waals surface area (Å²) in [6, 6.07) is 7.79. The monoisotopic (exact) mass is 418 g/mol. The average molecular weight is 419 g/mol. The second-order valence-corrected chi connectivity index (χ2v) is 8.72. The van der Waals surface area contributed by atoms with Gasteiger partial charge in [-0.15, -0.1) is 0 Å². The van der Waals surface area contributed by atoms with Crippen LogP contribution in [0.1, 0.15) is 58.9 Å². The number of esters is 1. The van der Waals surface area contributed by atoms with Crippen LogP contribution in [0.4, 0.5) is 4.79 Å². The molecule has 1 saturated carbocycles. The van der Waals surface area contributed by atoms with Gasteiger partial charge in [-0.3, -0.25) is 4.79 Å². The maximum Gasteiger partial charge on any atom is 0.408 e. The van der Waals surface area contributed by atoms with Gasteiger partial charge in [0.2, 0.25) is 5.91 Å². The lowest BCUT2D eigenvalue weighted by molar-refractivity contribution is -0.147. The zero-order chi connectivity index (χ0) is 22.1. The largest absolute Gasteiger partial charge is 0.464 e. The van der Waals surface area contributed by atoms with E-state index in [1.54, 1.807) is 27.7 Å². The molecule has 0 saturated heterocycles. The normalized spacial score (nSPS) is 15.6. The molecule has 2 unspecified atom stereocenters. The third-order valence-electron chi connectivity index (χ3n) is 4.74. The van der Waals surface area contributed by atoms with Crippen LogP contribution in [0.25, 0.3) is 0 Å². The van der Waals surface area contributed by atoms with E-state index in [-0.39, 0.29) is 13.0 Å². The number of ether oxygens (including phenoxy) is 2. The Morgan fingerprint density at radius 3 is 2.30 bits per heavy atom. The van der Waals surface area contributed by atoms with Crippen molar-refractivity contribution in [3.05, 3.63) is 35.9 Å². The van der Waals surface area contributed by atoms with Crippen LogP contribution in [-0.4, -0.2) is 42.3 Å². The molecule has 0 heterocycles. The Balaban J connectivity index is 2.09. The molecular weight excluding hydrogens is 384 g/mol. The Bertz CT molecular complexity index is 710. The summed E-state index contributed by atoms with van der Waals surface area (Å²) < 4.78 is 10.4. The molecule has 0 spiro atoms. The first-order valence-electron chi connectivity index (χ1n) is 10.7. The molecule has 1 aromatic rings. The van der Waals surface area contributed by atoms with Crippen molar-refractivity contribution in [3.63, 3.8) is 0 Å². The standard InChI is InChI=1S/C23H34N2O5/c1-5-29-21(27)18(14-13-16-11-12-16)24-20(26)19(15-17-9-7-6-8-10-17)25-22(28)30-23(2,3)4/h6-10,16,18-19H,5,11-15H2,1-4H3,(H,24,26)(H,25,28).